The molecule has 0 unspecified atom stereocenters. The van der Waals surface area contributed by atoms with Crippen molar-refractivity contribution in [2.24, 2.45) is 0 Å². The minimum absolute atomic E-state index is 0.0276. The molecule has 2 amide bonds. The summed E-state index contributed by atoms with van der Waals surface area (Å²) in [6, 6.07) is 3.93. The molecule has 140 valence electrons. The zero-order valence-corrected chi connectivity index (χ0v) is 16.2. The number of aryl methyl sites for hydroxylation is 3. The van der Waals surface area contributed by atoms with Gasteiger partial charge in [0, 0.05) is 30.0 Å². The van der Waals surface area contributed by atoms with Crippen molar-refractivity contribution in [3.8, 4) is 0 Å². The molecule has 6 nitrogen and oxygen atoms in total. The Kier molecular flexibility index (Phi) is 5.05. The van der Waals surface area contributed by atoms with Gasteiger partial charge in [0.25, 0.3) is 5.91 Å². The van der Waals surface area contributed by atoms with Crippen LogP contribution in [0.4, 0.5) is 0 Å². The quantitative estimate of drug-likeness (QED) is 0.784. The van der Waals surface area contributed by atoms with E-state index in [1.165, 1.54) is 0 Å². The second-order valence-corrected chi connectivity index (χ2v) is 7.33. The third-order valence-corrected chi connectivity index (χ3v) is 5.39. The number of likely N-dealkylation sites (N-methyl/N-ethyl adjacent to an activating group) is 2. The Morgan fingerprint density at radius 1 is 1.23 bits per heavy atom. The van der Waals surface area contributed by atoms with Gasteiger partial charge in [0.15, 0.2) is 0 Å². The molecular weight excluding hydrogens is 328 g/mol. The topological polar surface area (TPSA) is 77.2 Å². The second kappa shape index (κ2) is 7.11. The summed E-state index contributed by atoms with van der Waals surface area (Å²) in [6.07, 6.45) is 0.630. The lowest BCUT2D eigenvalue weighted by Crippen LogP contribution is -2.41. The Hall–Kier alpha value is -2.34. The smallest absolute Gasteiger partial charge is 0.268 e. The molecule has 1 aliphatic heterocycles. The molecule has 2 aromatic rings. The molecule has 0 bridgehead atoms. The molecule has 0 radical (unpaired) electrons. The molecule has 3 N–H and O–H groups in total. The number of nitrogens with one attached hydrogen (secondary N) is 3. The highest BCUT2D eigenvalue weighted by molar-refractivity contribution is 6.02. The number of carbonyl (C=O) groups is 2. The number of nitrogens with zero attached hydrogens (tertiary/aromatic N) is 1. The average Bonchev–Trinajstić information content (AvgIpc) is 3.12. The number of amides is 2. The van der Waals surface area contributed by atoms with Crippen LogP contribution in [0.1, 0.15) is 40.5 Å². The first kappa shape index (κ1) is 18.5. The molecule has 26 heavy (non-hydrogen) atoms. The minimum atomic E-state index is -0.187. The monoisotopic (exact) mass is 356 g/mol. The largest absolute Gasteiger partial charge is 0.355 e. The van der Waals surface area contributed by atoms with Crippen molar-refractivity contribution in [1.82, 2.24) is 20.5 Å². The van der Waals surface area contributed by atoms with E-state index in [2.05, 4.69) is 34.7 Å². The SMILES string of the molecule is CCNC(=O)[C@@H]1C[C@H](NC(=O)c2[nH]c3c(C)ccc(C)c3c2C)CN1C. The molecular formula is C20H28N4O2. The Labute approximate surface area is 154 Å². The lowest BCUT2D eigenvalue weighted by Gasteiger charge is -2.17. The maximum absolute atomic E-state index is 12.9. The molecule has 2 atom stereocenters. The van der Waals surface area contributed by atoms with E-state index in [1.54, 1.807) is 0 Å². The van der Waals surface area contributed by atoms with Crippen molar-refractivity contribution in [2.45, 2.75) is 46.2 Å². The standard InChI is InChI=1S/C20H28N4O2/c1-6-21-19(25)15-9-14(10-24(15)5)22-20(26)18-13(4)16-11(2)7-8-12(3)17(16)23-18/h7-8,14-15,23H,6,9-10H2,1-5H3,(H,21,25)(H,22,26)/t14-,15-/m0/s1. The van der Waals surface area contributed by atoms with Crippen molar-refractivity contribution in [2.75, 3.05) is 20.1 Å². The van der Waals surface area contributed by atoms with E-state index < -0.39 is 0 Å². The zero-order valence-electron chi connectivity index (χ0n) is 16.2. The molecule has 2 heterocycles. The minimum Gasteiger partial charge on any atom is -0.355 e. The first-order valence-corrected chi connectivity index (χ1v) is 9.20. The summed E-state index contributed by atoms with van der Waals surface area (Å²) in [4.78, 5) is 30.3. The van der Waals surface area contributed by atoms with Gasteiger partial charge in [-0.1, -0.05) is 12.1 Å². The van der Waals surface area contributed by atoms with Gasteiger partial charge >= 0.3 is 0 Å². The van der Waals surface area contributed by atoms with Gasteiger partial charge in [-0.2, -0.15) is 0 Å². The number of rotatable bonds is 4. The van der Waals surface area contributed by atoms with Crippen LogP contribution in [0.25, 0.3) is 10.9 Å². The van der Waals surface area contributed by atoms with Crippen LogP contribution in [0.15, 0.2) is 12.1 Å². The van der Waals surface area contributed by atoms with E-state index in [4.69, 9.17) is 0 Å². The third kappa shape index (κ3) is 3.21. The van der Waals surface area contributed by atoms with E-state index in [9.17, 15) is 9.59 Å². The predicted molar refractivity (Wildman–Crippen MR) is 103 cm³/mol. The van der Waals surface area contributed by atoms with Crippen molar-refractivity contribution in [1.29, 1.82) is 0 Å². The lowest BCUT2D eigenvalue weighted by atomic mass is 10.0. The van der Waals surface area contributed by atoms with E-state index in [0.29, 0.717) is 25.2 Å². The van der Waals surface area contributed by atoms with E-state index >= 15 is 0 Å². The van der Waals surface area contributed by atoms with Crippen LogP contribution in [0.3, 0.4) is 0 Å². The number of benzene rings is 1. The Balaban J connectivity index is 1.78. The lowest BCUT2D eigenvalue weighted by molar-refractivity contribution is -0.124. The fraction of sp³-hybridized carbons (Fsp3) is 0.500. The van der Waals surface area contributed by atoms with Gasteiger partial charge in [0.05, 0.1) is 6.04 Å². The van der Waals surface area contributed by atoms with Crippen LogP contribution < -0.4 is 10.6 Å². The van der Waals surface area contributed by atoms with Crippen molar-refractivity contribution >= 4 is 22.7 Å². The summed E-state index contributed by atoms with van der Waals surface area (Å²) in [5.41, 5.74) is 4.91. The van der Waals surface area contributed by atoms with Gasteiger partial charge in [-0.3, -0.25) is 14.5 Å². The van der Waals surface area contributed by atoms with Gasteiger partial charge in [0.2, 0.25) is 5.91 Å². The van der Waals surface area contributed by atoms with Gasteiger partial charge < -0.3 is 15.6 Å². The fourth-order valence-electron chi connectivity index (χ4n) is 3.99. The maximum Gasteiger partial charge on any atom is 0.268 e. The summed E-state index contributed by atoms with van der Waals surface area (Å²) in [5, 5.41) is 7.09. The molecule has 1 aromatic heterocycles. The molecule has 1 aliphatic rings. The molecule has 1 fully saturated rings. The van der Waals surface area contributed by atoms with Crippen molar-refractivity contribution in [3.05, 3.63) is 34.5 Å². The highest BCUT2D eigenvalue weighted by Gasteiger charge is 2.35. The normalized spacial score (nSPS) is 20.5. The summed E-state index contributed by atoms with van der Waals surface area (Å²) < 4.78 is 0. The summed E-state index contributed by atoms with van der Waals surface area (Å²) in [5.74, 6) is -0.0766. The van der Waals surface area contributed by atoms with Gasteiger partial charge in [-0.05, 0) is 57.9 Å². The van der Waals surface area contributed by atoms with Crippen molar-refractivity contribution < 1.29 is 9.59 Å². The van der Waals surface area contributed by atoms with Crippen LogP contribution in [0.2, 0.25) is 0 Å². The first-order chi connectivity index (χ1) is 12.3. The first-order valence-electron chi connectivity index (χ1n) is 9.20. The number of hydrogen-bond donors (Lipinski definition) is 3. The van der Waals surface area contributed by atoms with Crippen LogP contribution in [0.5, 0.6) is 0 Å². The molecule has 0 spiro atoms. The zero-order chi connectivity index (χ0) is 19.0. The fourth-order valence-corrected chi connectivity index (χ4v) is 3.99. The molecule has 0 aliphatic carbocycles. The van der Waals surface area contributed by atoms with Crippen molar-refractivity contribution in [3.63, 3.8) is 0 Å². The molecule has 1 aromatic carbocycles. The summed E-state index contributed by atoms with van der Waals surface area (Å²) >= 11 is 0. The highest BCUT2D eigenvalue weighted by Crippen LogP contribution is 2.28. The number of hydrogen-bond acceptors (Lipinski definition) is 3. The van der Waals surface area contributed by atoms with Gasteiger partial charge in [-0.25, -0.2) is 0 Å². The number of carbonyl (C=O) groups excluding carboxylic acids is 2. The van der Waals surface area contributed by atoms with Gasteiger partial charge in [0.1, 0.15) is 5.69 Å². The maximum atomic E-state index is 12.9. The second-order valence-electron chi connectivity index (χ2n) is 7.33. The number of aromatic amines is 1. The highest BCUT2D eigenvalue weighted by atomic mass is 16.2. The van der Waals surface area contributed by atoms with Gasteiger partial charge in [-0.15, -0.1) is 0 Å². The van der Waals surface area contributed by atoms with Crippen LogP contribution in [0, 0.1) is 20.8 Å². The van der Waals surface area contributed by atoms with Crippen LogP contribution in [-0.4, -0.2) is 53.9 Å². The summed E-state index contributed by atoms with van der Waals surface area (Å²) in [6.45, 7) is 9.29. The Bertz CT molecular complexity index is 855. The molecule has 0 saturated carbocycles. The van der Waals surface area contributed by atoms with Crippen LogP contribution >= 0.6 is 0 Å². The number of fused-ring (bicyclic) bond motifs is 1. The number of likely N-dealkylation sites (tertiary alicyclic amines) is 1. The van der Waals surface area contributed by atoms with Crippen LogP contribution in [-0.2, 0) is 4.79 Å². The molecule has 1 saturated heterocycles. The molecule has 3 rings (SSSR count). The number of aromatic nitrogens is 1. The predicted octanol–water partition coefficient (Wildman–Crippen LogP) is 2.03. The van der Waals surface area contributed by atoms with E-state index in [1.807, 2.05) is 32.7 Å². The third-order valence-electron chi connectivity index (χ3n) is 5.39. The summed E-state index contributed by atoms with van der Waals surface area (Å²) in [7, 11) is 1.92. The molecule has 6 heteroatoms. The number of H-pyrrole nitrogens is 1. The average molecular weight is 356 g/mol. The Morgan fingerprint density at radius 3 is 2.58 bits per heavy atom. The Morgan fingerprint density at radius 2 is 1.92 bits per heavy atom. The van der Waals surface area contributed by atoms with E-state index in [-0.39, 0.29) is 23.9 Å². The van der Waals surface area contributed by atoms with E-state index in [0.717, 1.165) is 27.6 Å².